The Morgan fingerprint density at radius 2 is 1.89 bits per heavy atom. The van der Waals surface area contributed by atoms with Crippen LogP contribution in [0.2, 0.25) is 0 Å². The lowest BCUT2D eigenvalue weighted by Gasteiger charge is -2.34. The van der Waals surface area contributed by atoms with Crippen molar-refractivity contribution in [2.45, 2.75) is 12.0 Å². The van der Waals surface area contributed by atoms with Crippen molar-refractivity contribution in [3.63, 3.8) is 0 Å². The first-order valence-corrected chi connectivity index (χ1v) is 11.0. The van der Waals surface area contributed by atoms with Gasteiger partial charge in [0.1, 0.15) is 11.5 Å². The highest BCUT2D eigenvalue weighted by atomic mass is 16.5. The van der Waals surface area contributed by atoms with Gasteiger partial charge in [0.05, 0.1) is 18.7 Å². The molecule has 176 valence electrons. The van der Waals surface area contributed by atoms with Crippen LogP contribution in [-0.4, -0.2) is 29.3 Å². The lowest BCUT2D eigenvalue weighted by Crippen LogP contribution is -2.30. The third-order valence-electron chi connectivity index (χ3n) is 6.27. The number of phenolic OH excluding ortho intramolecular Hbond substituents is 1. The maximum atomic E-state index is 12.1. The standard InChI is InChI=1S/C28H24N2O5/c1-34-25-13-15(6-11-23(25)31)12-21-22(30)10-9-20-26(17-4-2-3-5-18(17)28(32)33)19-8-7-16(29)14-24(19)35-27(20)21/h2-14,22,26,31H,29-30H2,1H3,(H,32,33)/b21-12+. The van der Waals surface area contributed by atoms with E-state index in [9.17, 15) is 15.0 Å². The van der Waals surface area contributed by atoms with Crippen LogP contribution in [-0.2, 0) is 0 Å². The molecule has 0 radical (unpaired) electrons. The van der Waals surface area contributed by atoms with E-state index in [1.807, 2.05) is 36.4 Å². The van der Waals surface area contributed by atoms with Gasteiger partial charge in [-0.15, -0.1) is 0 Å². The van der Waals surface area contributed by atoms with Crippen LogP contribution < -0.4 is 20.9 Å². The summed E-state index contributed by atoms with van der Waals surface area (Å²) in [5.41, 5.74) is 17.0. The first kappa shape index (κ1) is 22.3. The van der Waals surface area contributed by atoms with Crippen LogP contribution >= 0.6 is 0 Å². The smallest absolute Gasteiger partial charge is 0.335 e. The second-order valence-electron chi connectivity index (χ2n) is 8.43. The van der Waals surface area contributed by atoms with Crippen LogP contribution in [0.15, 0.2) is 89.7 Å². The van der Waals surface area contributed by atoms with Crippen molar-refractivity contribution in [1.29, 1.82) is 0 Å². The summed E-state index contributed by atoms with van der Waals surface area (Å²) in [6.07, 6.45) is 5.64. The number of hydrogen-bond donors (Lipinski definition) is 4. The Kier molecular flexibility index (Phi) is 5.55. The molecule has 2 atom stereocenters. The van der Waals surface area contributed by atoms with Crippen LogP contribution in [0.1, 0.15) is 33.0 Å². The highest BCUT2D eigenvalue weighted by Crippen LogP contribution is 2.48. The number of rotatable bonds is 4. The Bertz CT molecular complexity index is 1440. The number of nitrogens with two attached hydrogens (primary N) is 2. The van der Waals surface area contributed by atoms with Crippen LogP contribution in [0.4, 0.5) is 5.69 Å². The summed E-state index contributed by atoms with van der Waals surface area (Å²) in [7, 11) is 1.48. The van der Waals surface area contributed by atoms with Crippen LogP contribution in [0.3, 0.4) is 0 Å². The Labute approximate surface area is 202 Å². The quantitative estimate of drug-likeness (QED) is 0.417. The topological polar surface area (TPSA) is 128 Å². The molecule has 0 fully saturated rings. The zero-order valence-corrected chi connectivity index (χ0v) is 18.9. The van der Waals surface area contributed by atoms with E-state index < -0.39 is 17.9 Å². The van der Waals surface area contributed by atoms with Crippen LogP contribution in [0, 0.1) is 0 Å². The number of aromatic carboxylic acids is 1. The van der Waals surface area contributed by atoms with E-state index in [1.54, 1.807) is 42.5 Å². The first-order valence-electron chi connectivity index (χ1n) is 11.0. The largest absolute Gasteiger partial charge is 0.504 e. The maximum Gasteiger partial charge on any atom is 0.335 e. The number of hydrogen-bond acceptors (Lipinski definition) is 6. The molecule has 0 amide bonds. The lowest BCUT2D eigenvalue weighted by atomic mass is 9.76. The average molecular weight is 469 g/mol. The van der Waals surface area contributed by atoms with Crippen molar-refractivity contribution >= 4 is 17.7 Å². The number of fused-ring (bicyclic) bond motifs is 1. The molecule has 0 bridgehead atoms. The van der Waals surface area contributed by atoms with Gasteiger partial charge in [0.15, 0.2) is 11.5 Å². The third kappa shape index (κ3) is 3.92. The summed E-state index contributed by atoms with van der Waals surface area (Å²) in [5, 5.41) is 19.9. The summed E-state index contributed by atoms with van der Waals surface area (Å²) in [6, 6.07) is 16.9. The molecule has 0 saturated carbocycles. The number of carboxylic acid groups (broad SMARTS) is 1. The van der Waals surface area contributed by atoms with Crippen molar-refractivity contribution in [3.05, 3.63) is 112 Å². The predicted molar refractivity (Wildman–Crippen MR) is 134 cm³/mol. The number of allylic oxidation sites excluding steroid dienone is 2. The molecule has 0 saturated heterocycles. The van der Waals surface area contributed by atoms with Crippen LogP contribution in [0.25, 0.3) is 6.08 Å². The van der Waals surface area contributed by atoms with Crippen molar-refractivity contribution in [3.8, 4) is 17.2 Å². The number of anilines is 1. The summed E-state index contributed by atoms with van der Waals surface area (Å²) in [5.74, 6) is 0.0641. The Morgan fingerprint density at radius 3 is 2.66 bits per heavy atom. The highest BCUT2D eigenvalue weighted by molar-refractivity contribution is 5.90. The van der Waals surface area contributed by atoms with Gasteiger partial charge in [-0.2, -0.15) is 0 Å². The second-order valence-corrected chi connectivity index (χ2v) is 8.43. The summed E-state index contributed by atoms with van der Waals surface area (Å²) in [6.45, 7) is 0. The zero-order valence-electron chi connectivity index (χ0n) is 18.9. The third-order valence-corrected chi connectivity index (χ3v) is 6.27. The Morgan fingerprint density at radius 1 is 1.09 bits per heavy atom. The van der Waals surface area contributed by atoms with Crippen molar-refractivity contribution in [1.82, 2.24) is 0 Å². The number of nitrogen functional groups attached to an aromatic ring is 1. The van der Waals surface area contributed by atoms with E-state index in [-0.39, 0.29) is 11.3 Å². The molecule has 3 aromatic carbocycles. The van der Waals surface area contributed by atoms with Crippen molar-refractivity contribution in [2.24, 2.45) is 5.73 Å². The highest BCUT2D eigenvalue weighted by Gasteiger charge is 2.36. The van der Waals surface area contributed by atoms with E-state index in [1.165, 1.54) is 7.11 Å². The fourth-order valence-electron chi connectivity index (χ4n) is 4.61. The molecule has 3 aromatic rings. The number of benzene rings is 3. The number of aromatic hydroxyl groups is 1. The number of carboxylic acids is 1. The molecule has 5 rings (SSSR count). The monoisotopic (exact) mass is 468 g/mol. The molecule has 1 aliphatic carbocycles. The molecule has 1 heterocycles. The molecule has 2 aliphatic rings. The van der Waals surface area contributed by atoms with E-state index in [0.29, 0.717) is 34.1 Å². The van der Waals surface area contributed by atoms with E-state index in [4.69, 9.17) is 20.9 Å². The van der Waals surface area contributed by atoms with Gasteiger partial charge in [-0.25, -0.2) is 4.79 Å². The Balaban J connectivity index is 1.73. The Hall–Kier alpha value is -4.49. The van der Waals surface area contributed by atoms with Gasteiger partial charge in [0.25, 0.3) is 0 Å². The van der Waals surface area contributed by atoms with E-state index in [2.05, 4.69) is 0 Å². The fraction of sp³-hybridized carbons (Fsp3) is 0.107. The minimum atomic E-state index is -1.00. The minimum Gasteiger partial charge on any atom is -0.504 e. The maximum absolute atomic E-state index is 12.1. The van der Waals surface area contributed by atoms with Gasteiger partial charge in [-0.1, -0.05) is 42.5 Å². The molecule has 1 aliphatic heterocycles. The second kappa shape index (κ2) is 8.70. The van der Waals surface area contributed by atoms with Crippen LogP contribution in [0.5, 0.6) is 17.2 Å². The van der Waals surface area contributed by atoms with E-state index in [0.717, 1.165) is 16.7 Å². The van der Waals surface area contributed by atoms with Gasteiger partial charge in [-0.05, 0) is 41.5 Å². The molecule has 6 N–H and O–H groups in total. The molecular formula is C28H24N2O5. The lowest BCUT2D eigenvalue weighted by molar-refractivity contribution is 0.0695. The fourth-order valence-corrected chi connectivity index (χ4v) is 4.61. The van der Waals surface area contributed by atoms with Gasteiger partial charge in [0.2, 0.25) is 0 Å². The average Bonchev–Trinajstić information content (AvgIpc) is 2.85. The van der Waals surface area contributed by atoms with Gasteiger partial charge in [0, 0.05) is 34.4 Å². The molecular weight excluding hydrogens is 444 g/mol. The van der Waals surface area contributed by atoms with Gasteiger partial charge in [-0.3, -0.25) is 0 Å². The number of methoxy groups -OCH3 is 1. The molecule has 35 heavy (non-hydrogen) atoms. The SMILES string of the molecule is COc1cc(/C=C2/C3=C(C=CC2N)C(c2ccccc2C(=O)O)c2ccc(N)cc2O3)ccc1O. The zero-order chi connectivity index (χ0) is 24.7. The number of phenols is 1. The van der Waals surface area contributed by atoms with Crippen molar-refractivity contribution in [2.75, 3.05) is 12.8 Å². The molecule has 0 spiro atoms. The minimum absolute atomic E-state index is 0.0334. The summed E-state index contributed by atoms with van der Waals surface area (Å²) >= 11 is 0. The molecule has 7 nitrogen and oxygen atoms in total. The normalized spacial score (nSPS) is 19.7. The molecule has 0 aromatic heterocycles. The van der Waals surface area contributed by atoms with Crippen molar-refractivity contribution < 1.29 is 24.5 Å². The van der Waals surface area contributed by atoms with E-state index >= 15 is 0 Å². The molecule has 2 unspecified atom stereocenters. The number of carbonyl (C=O) groups is 1. The van der Waals surface area contributed by atoms with Gasteiger partial charge < -0.3 is 31.2 Å². The summed E-state index contributed by atoms with van der Waals surface area (Å²) in [4.78, 5) is 12.1. The first-order chi connectivity index (χ1) is 16.9. The summed E-state index contributed by atoms with van der Waals surface area (Å²) < 4.78 is 11.6. The van der Waals surface area contributed by atoms with Gasteiger partial charge >= 0.3 is 5.97 Å². The predicted octanol–water partition coefficient (Wildman–Crippen LogP) is 4.44. The molecule has 7 heteroatoms. The number of ether oxygens (including phenoxy) is 2.